The zero-order chi connectivity index (χ0) is 22.0. The molecule has 2 aromatic rings. The van der Waals surface area contributed by atoms with Gasteiger partial charge in [0.1, 0.15) is 0 Å². The van der Waals surface area contributed by atoms with Crippen molar-refractivity contribution >= 4 is 17.7 Å². The first kappa shape index (κ1) is 21.3. The van der Waals surface area contributed by atoms with Crippen molar-refractivity contribution in [2.45, 2.75) is 52.0 Å². The fraction of sp³-hybridized carbons (Fsp3) is 0.423. The minimum Gasteiger partial charge on any atom is -0.349 e. The number of nitrogens with one attached hydrogen (secondary N) is 1. The number of hydrogen-bond acceptors (Lipinski definition) is 3. The fourth-order valence-electron chi connectivity index (χ4n) is 4.86. The van der Waals surface area contributed by atoms with E-state index in [9.17, 15) is 14.4 Å². The number of amides is 3. The van der Waals surface area contributed by atoms with E-state index < -0.39 is 0 Å². The van der Waals surface area contributed by atoms with Gasteiger partial charge in [0, 0.05) is 12.5 Å². The highest BCUT2D eigenvalue weighted by atomic mass is 16.2. The van der Waals surface area contributed by atoms with Crippen molar-refractivity contribution in [2.75, 3.05) is 6.54 Å². The smallest absolute Gasteiger partial charge is 0.261 e. The lowest BCUT2D eigenvalue weighted by Crippen LogP contribution is -2.43. The summed E-state index contributed by atoms with van der Waals surface area (Å²) in [6.45, 7) is 4.43. The Balaban J connectivity index is 1.44. The summed E-state index contributed by atoms with van der Waals surface area (Å²) in [6, 6.07) is 15.2. The van der Waals surface area contributed by atoms with Gasteiger partial charge >= 0.3 is 0 Å². The lowest BCUT2D eigenvalue weighted by atomic mass is 9.78. The van der Waals surface area contributed by atoms with Gasteiger partial charge in [0.25, 0.3) is 11.8 Å². The Bertz CT molecular complexity index is 947. The molecule has 0 saturated heterocycles. The van der Waals surface area contributed by atoms with E-state index in [0.29, 0.717) is 17.7 Å². The number of rotatable bonds is 6. The van der Waals surface area contributed by atoms with Gasteiger partial charge in [-0.3, -0.25) is 19.3 Å². The van der Waals surface area contributed by atoms with Gasteiger partial charge in [0.05, 0.1) is 17.2 Å². The average molecular weight is 419 g/mol. The number of aryl methyl sites for hydroxylation is 1. The second-order valence-electron chi connectivity index (χ2n) is 8.74. The molecular weight excluding hydrogens is 388 g/mol. The number of carbonyl (C=O) groups is 3. The molecule has 0 bridgehead atoms. The molecular formula is C26H30N2O3. The molecule has 5 heteroatoms. The average Bonchev–Trinajstić information content (AvgIpc) is 3.04. The summed E-state index contributed by atoms with van der Waals surface area (Å²) >= 11 is 0. The van der Waals surface area contributed by atoms with Crippen molar-refractivity contribution in [3.8, 4) is 0 Å². The standard InChI is InChI=1S/C26H30N2O3/c1-3-18-12-14-19(15-13-18)17(2)27-24(29)21-9-5-4-8-20(21)16-28-25(30)22-10-6-7-11-23(22)26(28)31/h6-7,10-15,17,20-21H,3-5,8-9,16H2,1-2H3,(H,27,29). The molecule has 0 spiro atoms. The van der Waals surface area contributed by atoms with Gasteiger partial charge in [-0.2, -0.15) is 0 Å². The molecule has 31 heavy (non-hydrogen) atoms. The third-order valence-electron chi connectivity index (χ3n) is 6.79. The lowest BCUT2D eigenvalue weighted by molar-refractivity contribution is -0.128. The Morgan fingerprint density at radius 3 is 2.23 bits per heavy atom. The van der Waals surface area contributed by atoms with Crippen molar-refractivity contribution in [1.29, 1.82) is 0 Å². The molecule has 1 aliphatic carbocycles. The molecule has 162 valence electrons. The zero-order valence-electron chi connectivity index (χ0n) is 18.3. The number of benzene rings is 2. The van der Waals surface area contributed by atoms with Crippen LogP contribution in [0.15, 0.2) is 48.5 Å². The van der Waals surface area contributed by atoms with Crippen LogP contribution in [0.2, 0.25) is 0 Å². The predicted octanol–water partition coefficient (Wildman–Crippen LogP) is 4.53. The minimum absolute atomic E-state index is 0.00868. The van der Waals surface area contributed by atoms with E-state index in [0.717, 1.165) is 37.7 Å². The zero-order valence-corrected chi connectivity index (χ0v) is 18.3. The van der Waals surface area contributed by atoms with Gasteiger partial charge in [-0.05, 0) is 55.4 Å². The number of carbonyl (C=O) groups excluding carboxylic acids is 3. The van der Waals surface area contributed by atoms with Crippen LogP contribution >= 0.6 is 0 Å². The Morgan fingerprint density at radius 2 is 1.61 bits per heavy atom. The van der Waals surface area contributed by atoms with E-state index in [4.69, 9.17) is 0 Å². The summed E-state index contributed by atoms with van der Waals surface area (Å²) in [5.74, 6) is -0.654. The maximum Gasteiger partial charge on any atom is 0.261 e. The van der Waals surface area contributed by atoms with Crippen LogP contribution in [0.5, 0.6) is 0 Å². The SMILES string of the molecule is CCc1ccc(C(C)NC(=O)C2CCCCC2CN2C(=O)c3ccccc3C2=O)cc1. The van der Waals surface area contributed by atoms with E-state index in [-0.39, 0.29) is 35.6 Å². The predicted molar refractivity (Wildman–Crippen MR) is 120 cm³/mol. The molecule has 1 aliphatic heterocycles. The maximum absolute atomic E-state index is 13.2. The normalized spacial score (nSPS) is 21.7. The summed E-state index contributed by atoms with van der Waals surface area (Å²) < 4.78 is 0. The van der Waals surface area contributed by atoms with Gasteiger partial charge in [0.2, 0.25) is 5.91 Å². The third-order valence-corrected chi connectivity index (χ3v) is 6.79. The lowest BCUT2D eigenvalue weighted by Gasteiger charge is -2.33. The second kappa shape index (κ2) is 9.04. The van der Waals surface area contributed by atoms with E-state index in [2.05, 4.69) is 36.5 Å². The van der Waals surface area contributed by atoms with E-state index >= 15 is 0 Å². The van der Waals surface area contributed by atoms with Crippen LogP contribution < -0.4 is 5.32 Å². The third kappa shape index (κ3) is 4.27. The minimum atomic E-state index is -0.241. The number of imide groups is 1. The first-order valence-corrected chi connectivity index (χ1v) is 11.3. The van der Waals surface area contributed by atoms with Crippen LogP contribution in [0.3, 0.4) is 0 Å². The molecule has 1 saturated carbocycles. The Kier molecular flexibility index (Phi) is 6.21. The Hall–Kier alpha value is -2.95. The largest absolute Gasteiger partial charge is 0.349 e. The van der Waals surface area contributed by atoms with Gasteiger partial charge in [-0.25, -0.2) is 0 Å². The summed E-state index contributed by atoms with van der Waals surface area (Å²) in [7, 11) is 0. The highest BCUT2D eigenvalue weighted by Gasteiger charge is 2.40. The van der Waals surface area contributed by atoms with Crippen LogP contribution in [-0.2, 0) is 11.2 Å². The monoisotopic (exact) mass is 418 g/mol. The highest BCUT2D eigenvalue weighted by Crippen LogP contribution is 2.34. The summed E-state index contributed by atoms with van der Waals surface area (Å²) in [4.78, 5) is 40.1. The van der Waals surface area contributed by atoms with Crippen LogP contribution in [0.25, 0.3) is 0 Å². The molecule has 5 nitrogen and oxygen atoms in total. The highest BCUT2D eigenvalue weighted by molar-refractivity contribution is 6.21. The van der Waals surface area contributed by atoms with Crippen molar-refractivity contribution in [3.63, 3.8) is 0 Å². The van der Waals surface area contributed by atoms with Gasteiger partial charge in [-0.15, -0.1) is 0 Å². The fourth-order valence-corrected chi connectivity index (χ4v) is 4.86. The topological polar surface area (TPSA) is 66.5 Å². The molecule has 1 heterocycles. The maximum atomic E-state index is 13.2. The van der Waals surface area contributed by atoms with Crippen molar-refractivity contribution in [2.24, 2.45) is 11.8 Å². The number of hydrogen-bond donors (Lipinski definition) is 1. The number of fused-ring (bicyclic) bond motifs is 1. The molecule has 2 aliphatic rings. The van der Waals surface area contributed by atoms with Crippen LogP contribution in [0, 0.1) is 11.8 Å². The van der Waals surface area contributed by atoms with Crippen molar-refractivity contribution in [1.82, 2.24) is 10.2 Å². The number of nitrogens with zero attached hydrogens (tertiary/aromatic N) is 1. The second-order valence-corrected chi connectivity index (χ2v) is 8.74. The van der Waals surface area contributed by atoms with E-state index in [1.54, 1.807) is 24.3 Å². The molecule has 2 aromatic carbocycles. The Morgan fingerprint density at radius 1 is 1.00 bits per heavy atom. The van der Waals surface area contributed by atoms with Gasteiger partial charge in [-0.1, -0.05) is 56.2 Å². The Labute approximate surface area is 183 Å². The van der Waals surface area contributed by atoms with Crippen molar-refractivity contribution < 1.29 is 14.4 Å². The first-order chi connectivity index (χ1) is 15.0. The van der Waals surface area contributed by atoms with Crippen molar-refractivity contribution in [3.05, 3.63) is 70.8 Å². The summed E-state index contributed by atoms with van der Waals surface area (Å²) in [5, 5.41) is 3.17. The first-order valence-electron chi connectivity index (χ1n) is 11.3. The van der Waals surface area contributed by atoms with Gasteiger partial charge < -0.3 is 5.32 Å². The molecule has 3 amide bonds. The van der Waals surface area contributed by atoms with E-state index in [1.165, 1.54) is 10.5 Å². The summed E-state index contributed by atoms with van der Waals surface area (Å²) in [5.41, 5.74) is 3.29. The van der Waals surface area contributed by atoms with Gasteiger partial charge in [0.15, 0.2) is 0 Å². The summed E-state index contributed by atoms with van der Waals surface area (Å²) in [6.07, 6.45) is 4.65. The molecule has 1 N–H and O–H groups in total. The molecule has 3 atom stereocenters. The molecule has 1 fully saturated rings. The molecule has 4 rings (SSSR count). The van der Waals surface area contributed by atoms with Crippen LogP contribution in [0.1, 0.15) is 77.4 Å². The van der Waals surface area contributed by atoms with Crippen LogP contribution in [0.4, 0.5) is 0 Å². The quantitative estimate of drug-likeness (QED) is 0.701. The molecule has 0 aromatic heterocycles. The van der Waals surface area contributed by atoms with E-state index in [1.807, 2.05) is 6.92 Å². The van der Waals surface area contributed by atoms with Crippen LogP contribution in [-0.4, -0.2) is 29.2 Å². The molecule has 0 radical (unpaired) electrons. The molecule has 3 unspecified atom stereocenters.